The lowest BCUT2D eigenvalue weighted by Gasteiger charge is -2.41. The van der Waals surface area contributed by atoms with Crippen LogP contribution in [-0.4, -0.2) is 41.0 Å². The Morgan fingerprint density at radius 1 is 1.29 bits per heavy atom. The molecule has 2 heterocycles. The maximum absolute atomic E-state index is 11.6. The molecule has 1 amide bonds. The van der Waals surface area contributed by atoms with Gasteiger partial charge in [-0.25, -0.2) is 0 Å². The molecule has 24 heavy (non-hydrogen) atoms. The van der Waals surface area contributed by atoms with Crippen LogP contribution in [0.1, 0.15) is 69.4 Å². The van der Waals surface area contributed by atoms with Gasteiger partial charge in [-0.1, -0.05) is 13.3 Å². The fraction of sp³-hybridized carbons (Fsp3) is 0.778. The van der Waals surface area contributed by atoms with Crippen LogP contribution in [-0.2, 0) is 11.2 Å². The van der Waals surface area contributed by atoms with E-state index in [0.29, 0.717) is 12.5 Å². The van der Waals surface area contributed by atoms with Crippen LogP contribution < -0.4 is 10.1 Å². The van der Waals surface area contributed by atoms with Gasteiger partial charge in [0.2, 0.25) is 5.91 Å². The molecule has 0 aromatic carbocycles. The Kier molecular flexibility index (Phi) is 4.48. The van der Waals surface area contributed by atoms with E-state index in [1.807, 2.05) is 6.92 Å². The van der Waals surface area contributed by atoms with E-state index in [1.54, 1.807) is 0 Å². The van der Waals surface area contributed by atoms with E-state index in [9.17, 15) is 4.79 Å². The van der Waals surface area contributed by atoms with Crippen LogP contribution in [0.25, 0.3) is 0 Å². The summed E-state index contributed by atoms with van der Waals surface area (Å²) in [5.74, 6) is 0.841. The van der Waals surface area contributed by atoms with Crippen LogP contribution in [0.3, 0.4) is 0 Å². The van der Waals surface area contributed by atoms with E-state index in [0.717, 1.165) is 56.3 Å². The van der Waals surface area contributed by atoms with Crippen molar-refractivity contribution in [3.8, 4) is 6.08 Å². The zero-order chi connectivity index (χ0) is 16.5. The molecule has 0 radical (unpaired) electrons. The Morgan fingerprint density at radius 2 is 2.08 bits per heavy atom. The molecule has 2 fully saturated rings. The zero-order valence-electron chi connectivity index (χ0n) is 14.4. The predicted octanol–water partition coefficient (Wildman–Crippen LogP) is 2.58. The van der Waals surface area contributed by atoms with Crippen LogP contribution in [0, 0.1) is 0 Å². The standard InChI is InChI=1S/C18H27N3O3/c1-2-16(22)19-14-6-7-15-17(14)24-18(20-15)23-13-8-10-21(11-9-13)12-4-3-5-12/h12-14H,2-11H2,1H3,(H,19,22). The normalized spacial score (nSPS) is 25.3. The molecular weight excluding hydrogens is 306 g/mol. The molecule has 132 valence electrons. The number of piperidine rings is 1. The van der Waals surface area contributed by atoms with Crippen molar-refractivity contribution in [1.82, 2.24) is 15.2 Å². The van der Waals surface area contributed by atoms with Crippen molar-refractivity contribution in [2.24, 2.45) is 0 Å². The van der Waals surface area contributed by atoms with Gasteiger partial charge in [-0.3, -0.25) is 4.79 Å². The largest absolute Gasteiger partial charge is 0.447 e. The second-order valence-corrected chi connectivity index (χ2v) is 7.24. The van der Waals surface area contributed by atoms with Gasteiger partial charge in [-0.15, -0.1) is 0 Å². The van der Waals surface area contributed by atoms with Gasteiger partial charge in [0.1, 0.15) is 6.10 Å². The lowest BCUT2D eigenvalue weighted by molar-refractivity contribution is -0.121. The number of nitrogens with zero attached hydrogens (tertiary/aromatic N) is 2. The number of likely N-dealkylation sites (tertiary alicyclic amines) is 1. The van der Waals surface area contributed by atoms with Crippen LogP contribution >= 0.6 is 0 Å². The minimum Gasteiger partial charge on any atom is -0.447 e. The maximum Gasteiger partial charge on any atom is 0.394 e. The average molecular weight is 333 g/mol. The first-order chi connectivity index (χ1) is 11.7. The van der Waals surface area contributed by atoms with Gasteiger partial charge in [-0.2, -0.15) is 4.98 Å². The van der Waals surface area contributed by atoms with Crippen molar-refractivity contribution in [2.75, 3.05) is 13.1 Å². The van der Waals surface area contributed by atoms with E-state index < -0.39 is 0 Å². The Hall–Kier alpha value is -1.56. The topological polar surface area (TPSA) is 67.6 Å². The van der Waals surface area contributed by atoms with E-state index >= 15 is 0 Å². The molecule has 1 saturated carbocycles. The van der Waals surface area contributed by atoms with E-state index in [4.69, 9.17) is 9.15 Å². The lowest BCUT2D eigenvalue weighted by atomic mass is 9.90. The van der Waals surface area contributed by atoms with Crippen LogP contribution in [0.2, 0.25) is 0 Å². The summed E-state index contributed by atoms with van der Waals surface area (Å²) in [6, 6.07) is 0.775. The summed E-state index contributed by atoms with van der Waals surface area (Å²) in [5, 5.41) is 3.00. The zero-order valence-corrected chi connectivity index (χ0v) is 14.4. The highest BCUT2D eigenvalue weighted by atomic mass is 16.6. The second-order valence-electron chi connectivity index (χ2n) is 7.24. The second kappa shape index (κ2) is 6.75. The highest BCUT2D eigenvalue weighted by Gasteiger charge is 2.33. The van der Waals surface area contributed by atoms with E-state index in [-0.39, 0.29) is 18.1 Å². The number of amides is 1. The highest BCUT2D eigenvalue weighted by Crippen LogP contribution is 2.35. The molecule has 1 aliphatic heterocycles. The van der Waals surface area contributed by atoms with Crippen molar-refractivity contribution in [3.63, 3.8) is 0 Å². The van der Waals surface area contributed by atoms with Gasteiger partial charge >= 0.3 is 6.08 Å². The molecular formula is C18H27N3O3. The summed E-state index contributed by atoms with van der Waals surface area (Å²) in [6.07, 6.45) is 8.98. The van der Waals surface area contributed by atoms with E-state index in [2.05, 4.69) is 15.2 Å². The van der Waals surface area contributed by atoms with Gasteiger partial charge in [0.05, 0.1) is 11.7 Å². The smallest absolute Gasteiger partial charge is 0.394 e. The minimum atomic E-state index is -0.0437. The van der Waals surface area contributed by atoms with Crippen LogP contribution in [0.5, 0.6) is 6.08 Å². The number of hydrogen-bond donors (Lipinski definition) is 1. The molecule has 0 spiro atoms. The summed E-state index contributed by atoms with van der Waals surface area (Å²) >= 11 is 0. The summed E-state index contributed by atoms with van der Waals surface area (Å²) < 4.78 is 11.8. The fourth-order valence-electron chi connectivity index (χ4n) is 3.94. The molecule has 1 atom stereocenters. The van der Waals surface area contributed by atoms with Gasteiger partial charge in [0.15, 0.2) is 5.76 Å². The number of carbonyl (C=O) groups excluding carboxylic acids is 1. The number of aryl methyl sites for hydroxylation is 1. The monoisotopic (exact) mass is 333 g/mol. The number of fused-ring (bicyclic) bond motifs is 1. The molecule has 1 unspecified atom stereocenters. The Bertz CT molecular complexity index is 588. The molecule has 4 rings (SSSR count). The molecule has 1 saturated heterocycles. The Balaban J connectivity index is 1.32. The third-order valence-corrected chi connectivity index (χ3v) is 5.69. The van der Waals surface area contributed by atoms with Crippen molar-refractivity contribution in [3.05, 3.63) is 11.5 Å². The molecule has 1 aromatic rings. The average Bonchev–Trinajstić information content (AvgIpc) is 3.09. The van der Waals surface area contributed by atoms with Crippen molar-refractivity contribution in [2.45, 2.75) is 76.5 Å². The third-order valence-electron chi connectivity index (χ3n) is 5.69. The van der Waals surface area contributed by atoms with Gasteiger partial charge < -0.3 is 19.4 Å². The number of oxazole rings is 1. The number of hydrogen-bond acceptors (Lipinski definition) is 5. The summed E-state index contributed by atoms with van der Waals surface area (Å²) in [4.78, 5) is 18.7. The summed E-state index contributed by atoms with van der Waals surface area (Å²) in [5.41, 5.74) is 0.943. The molecule has 1 N–H and O–H groups in total. The van der Waals surface area contributed by atoms with Crippen LogP contribution in [0.4, 0.5) is 0 Å². The van der Waals surface area contributed by atoms with E-state index in [1.165, 1.54) is 19.3 Å². The molecule has 3 aliphatic rings. The Morgan fingerprint density at radius 3 is 2.75 bits per heavy atom. The molecule has 1 aromatic heterocycles. The Labute approximate surface area is 142 Å². The molecule has 0 bridgehead atoms. The lowest BCUT2D eigenvalue weighted by Crippen LogP contribution is -2.46. The minimum absolute atomic E-state index is 0.0437. The summed E-state index contributed by atoms with van der Waals surface area (Å²) in [7, 11) is 0. The quantitative estimate of drug-likeness (QED) is 0.897. The van der Waals surface area contributed by atoms with Crippen molar-refractivity contribution in [1.29, 1.82) is 0 Å². The molecule has 2 aliphatic carbocycles. The first-order valence-electron chi connectivity index (χ1n) is 9.42. The van der Waals surface area contributed by atoms with Gasteiger partial charge in [0, 0.05) is 25.6 Å². The number of carbonyl (C=O) groups is 1. The molecule has 6 nitrogen and oxygen atoms in total. The highest BCUT2D eigenvalue weighted by molar-refractivity contribution is 5.76. The number of ether oxygens (including phenoxy) is 1. The fourth-order valence-corrected chi connectivity index (χ4v) is 3.94. The maximum atomic E-state index is 11.6. The SMILES string of the molecule is CCC(=O)NC1CCc2nc(OC3CCN(C4CCC4)CC3)oc21. The summed E-state index contributed by atoms with van der Waals surface area (Å²) in [6.45, 7) is 4.09. The number of nitrogens with one attached hydrogen (secondary N) is 1. The third kappa shape index (κ3) is 3.16. The van der Waals surface area contributed by atoms with Crippen molar-refractivity contribution >= 4 is 5.91 Å². The first-order valence-corrected chi connectivity index (χ1v) is 9.42. The number of rotatable bonds is 5. The molecule has 6 heteroatoms. The first kappa shape index (κ1) is 15.9. The van der Waals surface area contributed by atoms with Crippen LogP contribution in [0.15, 0.2) is 4.42 Å². The van der Waals surface area contributed by atoms with Gasteiger partial charge in [-0.05, 0) is 38.5 Å². The van der Waals surface area contributed by atoms with Gasteiger partial charge in [0.25, 0.3) is 0 Å². The predicted molar refractivity (Wildman–Crippen MR) is 88.9 cm³/mol. The van der Waals surface area contributed by atoms with Crippen molar-refractivity contribution < 1.29 is 13.9 Å². The number of aromatic nitrogens is 1.